The van der Waals surface area contributed by atoms with E-state index in [1.165, 1.54) is 6.42 Å². The second-order valence-corrected chi connectivity index (χ2v) is 16.0. The van der Waals surface area contributed by atoms with Crippen molar-refractivity contribution in [2.24, 2.45) is 26.7 Å². The van der Waals surface area contributed by atoms with E-state index in [2.05, 4.69) is 131 Å². The van der Waals surface area contributed by atoms with Gasteiger partial charge in [-0.25, -0.2) is 5.48 Å². The third-order valence-electron chi connectivity index (χ3n) is 2.23. The number of aliphatic imine (C=N–C) groups is 1. The number of H-pyrrole nitrogens is 1. The Morgan fingerprint density at radius 1 is 0.510 bits per heavy atom. The van der Waals surface area contributed by atoms with E-state index in [-0.39, 0.29) is 0 Å². The second-order valence-electron chi connectivity index (χ2n) is 16.0. The molecule has 2 aliphatic heterocycles. The maximum Gasteiger partial charge on any atom is 0.0695 e. The van der Waals surface area contributed by atoms with Crippen LogP contribution < -0.4 is 5.48 Å². The molecule has 0 atom stereocenters. The summed E-state index contributed by atoms with van der Waals surface area (Å²) in [7, 11) is 0. The van der Waals surface area contributed by atoms with Crippen molar-refractivity contribution in [3.63, 3.8) is 0 Å². The van der Waals surface area contributed by atoms with Gasteiger partial charge >= 0.3 is 0 Å². The fraction of sp³-hybridized carbons (Fsp3) is 0.727. The van der Waals surface area contributed by atoms with Crippen LogP contribution in [0.2, 0.25) is 0 Å². The number of rotatable bonds is 0. The van der Waals surface area contributed by atoms with Crippen LogP contribution in [0, 0.1) is 21.7 Å². The van der Waals surface area contributed by atoms with Gasteiger partial charge in [0.2, 0.25) is 0 Å². The van der Waals surface area contributed by atoms with Crippen molar-refractivity contribution in [1.29, 1.82) is 0 Å². The number of aromatic amines is 1. The molecule has 0 saturated carbocycles. The Morgan fingerprint density at radius 3 is 0.939 bits per heavy atom. The molecule has 2 N–H and O–H groups in total. The normalized spacial score (nSPS) is 11.4. The molecular formula is C44H94N4O. The molecule has 0 unspecified atom stereocenters. The second kappa shape index (κ2) is 50.1. The summed E-state index contributed by atoms with van der Waals surface area (Å²) < 4.78 is 0. The molecule has 2 aromatic rings. The number of aromatic nitrogens is 2. The first-order valence-electron chi connectivity index (χ1n) is 18.9. The van der Waals surface area contributed by atoms with Gasteiger partial charge in [0.1, 0.15) is 0 Å². The number of allylic oxidation sites excluding steroid dienone is 1. The first-order chi connectivity index (χ1) is 22.5. The van der Waals surface area contributed by atoms with Gasteiger partial charge in [-0.05, 0) is 52.3 Å². The lowest BCUT2D eigenvalue weighted by atomic mass is 10.0. The SMILES string of the molecule is C1=CN=CC1.C1CNOC1.CC.CC.CC.CC.CC(C)(C)C.CC(C)(C)C.CC(C)(C)C.CC(C)(C)C.c1cc[nH]c1.c1ccncc1. The minimum Gasteiger partial charge on any atom is -0.368 e. The van der Waals surface area contributed by atoms with Crippen LogP contribution in [0.15, 0.2) is 72.4 Å². The number of hydrogen-bond donors (Lipinski definition) is 2. The van der Waals surface area contributed by atoms with E-state index < -0.39 is 0 Å². The fourth-order valence-electron chi connectivity index (χ4n) is 1.26. The molecule has 0 aliphatic carbocycles. The quantitative estimate of drug-likeness (QED) is 0.288. The highest BCUT2D eigenvalue weighted by Gasteiger charge is 1.97. The van der Waals surface area contributed by atoms with Crippen LogP contribution >= 0.6 is 0 Å². The van der Waals surface area contributed by atoms with Crippen LogP contribution in [0.5, 0.6) is 0 Å². The molecule has 4 rings (SSSR count). The zero-order valence-electron chi connectivity index (χ0n) is 38.1. The third-order valence-corrected chi connectivity index (χ3v) is 2.23. The van der Waals surface area contributed by atoms with Gasteiger partial charge in [0.25, 0.3) is 0 Å². The Labute approximate surface area is 312 Å². The largest absolute Gasteiger partial charge is 0.368 e. The van der Waals surface area contributed by atoms with E-state index >= 15 is 0 Å². The molecule has 0 radical (unpaired) electrons. The van der Waals surface area contributed by atoms with Crippen LogP contribution in [-0.4, -0.2) is 29.3 Å². The molecule has 4 heterocycles. The van der Waals surface area contributed by atoms with Crippen molar-refractivity contribution < 1.29 is 4.84 Å². The summed E-state index contributed by atoms with van der Waals surface area (Å²) in [4.78, 5) is 15.1. The summed E-state index contributed by atoms with van der Waals surface area (Å²) in [6, 6.07) is 9.60. The van der Waals surface area contributed by atoms with Crippen LogP contribution in [0.4, 0.5) is 0 Å². The Balaban J connectivity index is -0.0000000635. The lowest BCUT2D eigenvalue weighted by Gasteiger charge is -2.05. The van der Waals surface area contributed by atoms with E-state index in [0.29, 0.717) is 21.7 Å². The summed E-state index contributed by atoms with van der Waals surface area (Å²) in [5.74, 6) is 0. The summed E-state index contributed by atoms with van der Waals surface area (Å²) in [5.41, 5.74) is 4.72. The molecule has 0 amide bonds. The maximum atomic E-state index is 4.69. The van der Waals surface area contributed by atoms with Crippen molar-refractivity contribution >= 4 is 6.21 Å². The number of nitrogens with zero attached hydrogens (tertiary/aromatic N) is 2. The van der Waals surface area contributed by atoms with E-state index in [1.54, 1.807) is 18.6 Å². The van der Waals surface area contributed by atoms with Gasteiger partial charge in [-0.2, -0.15) is 0 Å². The van der Waals surface area contributed by atoms with Gasteiger partial charge in [0, 0.05) is 50.2 Å². The minimum atomic E-state index is 0.500. The Kier molecular flexibility index (Phi) is 66.7. The van der Waals surface area contributed by atoms with E-state index in [1.807, 2.05) is 110 Å². The standard InChI is InChI=1S/C5H5N.4C5H12.2C4H5N.C3H7NO.4C2H6/c1-2-4-6-5-3-1;4*1-5(2,3)4;3*1-2-4-5-3-1;4*1-2/h1-5H;4*1-4H3;1,3-4H,2H2;1-5H;4H,1-3H2;4*1-2H3. The number of hydroxylamine groups is 1. The molecule has 0 spiro atoms. The molecule has 1 saturated heterocycles. The number of hydrogen-bond acceptors (Lipinski definition) is 4. The monoisotopic (exact) mass is 695 g/mol. The average Bonchev–Trinajstić information content (AvgIpc) is 3.83. The molecule has 5 heteroatoms. The van der Waals surface area contributed by atoms with Gasteiger partial charge in [-0.3, -0.25) is 9.98 Å². The summed E-state index contributed by atoms with van der Waals surface area (Å²) in [6.07, 6.45) is 15.1. The Hall–Kier alpha value is -2.24. The Morgan fingerprint density at radius 2 is 0.857 bits per heavy atom. The lowest BCUT2D eigenvalue weighted by Crippen LogP contribution is -2.01. The molecule has 5 nitrogen and oxygen atoms in total. The molecule has 0 bridgehead atoms. The fourth-order valence-corrected chi connectivity index (χ4v) is 1.26. The van der Waals surface area contributed by atoms with E-state index in [4.69, 9.17) is 4.84 Å². The predicted octanol–water partition coefficient (Wildman–Crippen LogP) is 15.3. The highest BCUT2D eigenvalue weighted by atomic mass is 16.6. The van der Waals surface area contributed by atoms with Crippen molar-refractivity contribution in [1.82, 2.24) is 15.4 Å². The molecule has 2 aliphatic rings. The van der Waals surface area contributed by atoms with Crippen molar-refractivity contribution in [2.75, 3.05) is 13.2 Å². The van der Waals surface area contributed by atoms with Crippen molar-refractivity contribution in [2.45, 2.75) is 179 Å². The smallest absolute Gasteiger partial charge is 0.0695 e. The zero-order chi connectivity index (χ0) is 40.8. The highest BCUT2D eigenvalue weighted by Crippen LogP contribution is 2.09. The zero-order valence-corrected chi connectivity index (χ0v) is 38.1. The minimum absolute atomic E-state index is 0.500. The molecule has 49 heavy (non-hydrogen) atoms. The molecular weight excluding hydrogens is 601 g/mol. The van der Waals surface area contributed by atoms with Crippen LogP contribution in [-0.2, 0) is 4.84 Å². The van der Waals surface area contributed by atoms with E-state index in [0.717, 1.165) is 19.6 Å². The first kappa shape index (κ1) is 65.2. The van der Waals surface area contributed by atoms with Crippen LogP contribution in [0.25, 0.3) is 0 Å². The summed E-state index contributed by atoms with van der Waals surface area (Å²) in [5, 5.41) is 0. The van der Waals surface area contributed by atoms with Crippen molar-refractivity contribution in [3.05, 3.63) is 67.4 Å². The van der Waals surface area contributed by atoms with Crippen molar-refractivity contribution in [3.8, 4) is 0 Å². The van der Waals surface area contributed by atoms with Gasteiger partial charge in [0.05, 0.1) is 6.61 Å². The molecule has 0 aromatic carbocycles. The maximum absolute atomic E-state index is 4.69. The van der Waals surface area contributed by atoms with Crippen LogP contribution in [0.3, 0.4) is 0 Å². The van der Waals surface area contributed by atoms with Gasteiger partial charge in [0.15, 0.2) is 0 Å². The first-order valence-corrected chi connectivity index (χ1v) is 18.9. The topological polar surface area (TPSA) is 62.3 Å². The number of pyridine rings is 1. The molecule has 1 fully saturated rings. The van der Waals surface area contributed by atoms with Gasteiger partial charge < -0.3 is 9.82 Å². The highest BCUT2D eigenvalue weighted by molar-refractivity contribution is 5.62. The van der Waals surface area contributed by atoms with E-state index in [9.17, 15) is 0 Å². The van der Waals surface area contributed by atoms with Crippen LogP contribution in [0.1, 0.15) is 179 Å². The molecule has 2 aromatic heterocycles. The average molecular weight is 695 g/mol. The van der Waals surface area contributed by atoms with Gasteiger partial charge in [-0.1, -0.05) is 178 Å². The van der Waals surface area contributed by atoms with Gasteiger partial charge in [-0.15, -0.1) is 0 Å². The molecule has 296 valence electrons. The number of nitrogens with one attached hydrogen (secondary N) is 2. The lowest BCUT2D eigenvalue weighted by molar-refractivity contribution is 0.103. The summed E-state index contributed by atoms with van der Waals surface area (Å²) in [6.45, 7) is 52.9. The summed E-state index contributed by atoms with van der Waals surface area (Å²) >= 11 is 0. The Bertz CT molecular complexity index is 634. The predicted molar refractivity (Wildman–Crippen MR) is 232 cm³/mol. The third kappa shape index (κ3) is 249.